The summed E-state index contributed by atoms with van der Waals surface area (Å²) < 4.78 is 0. The SMILES string of the molecule is CCCCCC(=O)Nc1nc2c(s1)CCc1cc(O)ccc1-2. The van der Waals surface area contributed by atoms with Gasteiger partial charge in [0.1, 0.15) is 5.75 Å². The van der Waals surface area contributed by atoms with Crippen LogP contribution in [0.3, 0.4) is 0 Å². The van der Waals surface area contributed by atoms with Gasteiger partial charge in [-0.05, 0) is 43.0 Å². The normalized spacial score (nSPS) is 12.6. The number of anilines is 1. The van der Waals surface area contributed by atoms with Gasteiger partial charge in [-0.3, -0.25) is 4.79 Å². The van der Waals surface area contributed by atoms with Crippen molar-refractivity contribution < 1.29 is 9.90 Å². The number of hydrogen-bond donors (Lipinski definition) is 2. The molecule has 116 valence electrons. The molecule has 4 nitrogen and oxygen atoms in total. The predicted octanol–water partition coefficient (Wildman–Crippen LogP) is 4.13. The first-order chi connectivity index (χ1) is 10.7. The second-order valence-corrected chi connectivity index (χ2v) is 6.72. The van der Waals surface area contributed by atoms with Crippen molar-refractivity contribution in [3.05, 3.63) is 28.6 Å². The quantitative estimate of drug-likeness (QED) is 0.815. The minimum absolute atomic E-state index is 0.0467. The number of unbranched alkanes of at least 4 members (excludes halogenated alkanes) is 2. The van der Waals surface area contributed by atoms with E-state index in [0.29, 0.717) is 17.3 Å². The van der Waals surface area contributed by atoms with Gasteiger partial charge in [0.2, 0.25) is 5.91 Å². The smallest absolute Gasteiger partial charge is 0.226 e. The Kier molecular flexibility index (Phi) is 4.43. The summed E-state index contributed by atoms with van der Waals surface area (Å²) >= 11 is 1.57. The van der Waals surface area contributed by atoms with Crippen LogP contribution in [0.25, 0.3) is 11.3 Å². The van der Waals surface area contributed by atoms with Crippen LogP contribution in [0.2, 0.25) is 0 Å². The molecule has 1 aromatic carbocycles. The van der Waals surface area contributed by atoms with Crippen molar-refractivity contribution in [3.63, 3.8) is 0 Å². The third kappa shape index (κ3) is 3.14. The molecule has 22 heavy (non-hydrogen) atoms. The largest absolute Gasteiger partial charge is 0.508 e. The zero-order valence-electron chi connectivity index (χ0n) is 12.7. The maximum Gasteiger partial charge on any atom is 0.226 e. The molecule has 0 aliphatic heterocycles. The number of carbonyl (C=O) groups is 1. The lowest BCUT2D eigenvalue weighted by Crippen LogP contribution is -2.10. The summed E-state index contributed by atoms with van der Waals surface area (Å²) in [6, 6.07) is 5.41. The van der Waals surface area contributed by atoms with Crippen LogP contribution in [0.5, 0.6) is 5.75 Å². The Morgan fingerprint density at radius 1 is 1.36 bits per heavy atom. The number of aromatic hydroxyl groups is 1. The highest BCUT2D eigenvalue weighted by Crippen LogP contribution is 2.39. The number of nitrogens with zero attached hydrogens (tertiary/aromatic N) is 1. The number of fused-ring (bicyclic) bond motifs is 3. The van der Waals surface area contributed by atoms with Gasteiger partial charge in [0.05, 0.1) is 5.69 Å². The zero-order chi connectivity index (χ0) is 15.5. The van der Waals surface area contributed by atoms with Gasteiger partial charge in [-0.1, -0.05) is 19.8 Å². The van der Waals surface area contributed by atoms with Crippen molar-refractivity contribution in [3.8, 4) is 17.0 Å². The van der Waals surface area contributed by atoms with Crippen LogP contribution in [0.15, 0.2) is 18.2 Å². The average Bonchev–Trinajstić information content (AvgIpc) is 2.89. The van der Waals surface area contributed by atoms with E-state index in [4.69, 9.17) is 0 Å². The van der Waals surface area contributed by atoms with Crippen LogP contribution in [-0.2, 0) is 17.6 Å². The van der Waals surface area contributed by atoms with E-state index in [9.17, 15) is 9.90 Å². The molecule has 5 heteroatoms. The van der Waals surface area contributed by atoms with Gasteiger partial charge < -0.3 is 10.4 Å². The highest BCUT2D eigenvalue weighted by Gasteiger charge is 2.21. The van der Waals surface area contributed by atoms with Crippen LogP contribution in [0.1, 0.15) is 43.0 Å². The van der Waals surface area contributed by atoms with Crippen molar-refractivity contribution in [2.75, 3.05) is 5.32 Å². The molecule has 1 aliphatic carbocycles. The van der Waals surface area contributed by atoms with Gasteiger partial charge in [0.25, 0.3) is 0 Å². The lowest BCUT2D eigenvalue weighted by Gasteiger charge is -2.14. The molecule has 0 unspecified atom stereocenters. The van der Waals surface area contributed by atoms with Gasteiger partial charge >= 0.3 is 0 Å². The summed E-state index contributed by atoms with van der Waals surface area (Å²) in [5.74, 6) is 0.340. The van der Waals surface area contributed by atoms with Gasteiger partial charge in [-0.25, -0.2) is 4.98 Å². The third-order valence-electron chi connectivity index (χ3n) is 3.92. The fraction of sp³-hybridized carbons (Fsp3) is 0.412. The average molecular weight is 316 g/mol. The lowest BCUT2D eigenvalue weighted by atomic mass is 9.93. The van der Waals surface area contributed by atoms with E-state index in [1.165, 1.54) is 4.88 Å². The fourth-order valence-corrected chi connectivity index (χ4v) is 3.76. The molecule has 1 aliphatic rings. The van der Waals surface area contributed by atoms with Gasteiger partial charge in [-0.2, -0.15) is 0 Å². The molecule has 0 saturated carbocycles. The molecule has 0 radical (unpaired) electrons. The first-order valence-electron chi connectivity index (χ1n) is 7.79. The van der Waals surface area contributed by atoms with Crippen molar-refractivity contribution in [1.82, 2.24) is 4.98 Å². The second-order valence-electron chi connectivity index (χ2n) is 5.64. The Morgan fingerprint density at radius 3 is 3.05 bits per heavy atom. The van der Waals surface area contributed by atoms with Gasteiger partial charge in [-0.15, -0.1) is 11.3 Å². The molecular formula is C17H20N2O2S. The van der Waals surface area contributed by atoms with Crippen LogP contribution >= 0.6 is 11.3 Å². The summed E-state index contributed by atoms with van der Waals surface area (Å²) in [5.41, 5.74) is 3.15. The number of rotatable bonds is 5. The van der Waals surface area contributed by atoms with E-state index < -0.39 is 0 Å². The molecule has 1 aromatic heterocycles. The molecule has 2 N–H and O–H groups in total. The number of thiazole rings is 1. The third-order valence-corrected chi connectivity index (χ3v) is 4.95. The summed E-state index contributed by atoms with van der Waals surface area (Å²) in [7, 11) is 0. The zero-order valence-corrected chi connectivity index (χ0v) is 13.5. The Balaban J connectivity index is 1.76. The van der Waals surface area contributed by atoms with Crippen LogP contribution in [-0.4, -0.2) is 16.0 Å². The number of phenolic OH excluding ortho intramolecular Hbond substituents is 1. The molecule has 0 saturated heterocycles. The maximum atomic E-state index is 11.9. The number of aryl methyl sites for hydroxylation is 2. The minimum atomic E-state index is 0.0467. The Hall–Kier alpha value is -1.88. The number of hydrogen-bond acceptors (Lipinski definition) is 4. The number of benzene rings is 1. The molecule has 0 atom stereocenters. The number of carbonyl (C=O) groups excluding carboxylic acids is 1. The predicted molar refractivity (Wildman–Crippen MR) is 89.4 cm³/mol. The summed E-state index contributed by atoms with van der Waals surface area (Å²) in [5, 5.41) is 13.2. The van der Waals surface area contributed by atoms with E-state index in [1.54, 1.807) is 23.5 Å². The highest BCUT2D eigenvalue weighted by atomic mass is 32.1. The van der Waals surface area contributed by atoms with E-state index in [-0.39, 0.29) is 5.91 Å². The van der Waals surface area contributed by atoms with Crippen molar-refractivity contribution >= 4 is 22.4 Å². The topological polar surface area (TPSA) is 62.2 Å². The van der Waals surface area contributed by atoms with E-state index in [0.717, 1.165) is 48.9 Å². The van der Waals surface area contributed by atoms with E-state index in [2.05, 4.69) is 17.2 Å². The summed E-state index contributed by atoms with van der Waals surface area (Å²) in [4.78, 5) is 17.7. The van der Waals surface area contributed by atoms with Crippen LogP contribution in [0.4, 0.5) is 5.13 Å². The van der Waals surface area contributed by atoms with E-state index >= 15 is 0 Å². The Bertz CT molecular complexity index is 694. The number of nitrogens with one attached hydrogen (secondary N) is 1. The summed E-state index contributed by atoms with van der Waals surface area (Å²) in [6.07, 6.45) is 5.50. The van der Waals surface area contributed by atoms with Crippen molar-refractivity contribution in [1.29, 1.82) is 0 Å². The number of phenols is 1. The Labute approximate surface area is 134 Å². The standard InChI is InChI=1S/C17H20N2O2S/c1-2-3-4-5-15(21)18-17-19-16-13-8-7-12(20)10-11(13)6-9-14(16)22-17/h7-8,10,20H,2-6,9H2,1H3,(H,18,19,21). The summed E-state index contributed by atoms with van der Waals surface area (Å²) in [6.45, 7) is 2.13. The van der Waals surface area contributed by atoms with E-state index in [1.807, 2.05) is 6.07 Å². The molecule has 2 aromatic rings. The van der Waals surface area contributed by atoms with Crippen LogP contribution in [0, 0.1) is 0 Å². The van der Waals surface area contributed by atoms with Gasteiger partial charge in [0, 0.05) is 16.9 Å². The molecule has 1 amide bonds. The monoisotopic (exact) mass is 316 g/mol. The minimum Gasteiger partial charge on any atom is -0.508 e. The Morgan fingerprint density at radius 2 is 2.23 bits per heavy atom. The number of amides is 1. The molecule has 0 fully saturated rings. The molecular weight excluding hydrogens is 296 g/mol. The van der Waals surface area contributed by atoms with Crippen molar-refractivity contribution in [2.45, 2.75) is 45.4 Å². The maximum absolute atomic E-state index is 11.9. The molecule has 0 bridgehead atoms. The first kappa shape index (κ1) is 15.0. The molecule has 0 spiro atoms. The fourth-order valence-electron chi connectivity index (χ4n) is 2.77. The van der Waals surface area contributed by atoms with Gasteiger partial charge in [0.15, 0.2) is 5.13 Å². The first-order valence-corrected chi connectivity index (χ1v) is 8.61. The highest BCUT2D eigenvalue weighted by molar-refractivity contribution is 7.16. The molecule has 3 rings (SSSR count). The van der Waals surface area contributed by atoms with Crippen LogP contribution < -0.4 is 5.32 Å². The lowest BCUT2D eigenvalue weighted by molar-refractivity contribution is -0.116. The van der Waals surface area contributed by atoms with Crippen molar-refractivity contribution in [2.24, 2.45) is 0 Å². The number of aromatic nitrogens is 1. The molecule has 1 heterocycles. The second kappa shape index (κ2) is 6.48.